The Hall–Kier alpha value is -4.45. The molecule has 42 heavy (non-hydrogen) atoms. The number of benzene rings is 5. The summed E-state index contributed by atoms with van der Waals surface area (Å²) in [5, 5.41) is 5.82. The van der Waals surface area contributed by atoms with E-state index < -0.39 is 18.3 Å². The predicted octanol–water partition coefficient (Wildman–Crippen LogP) is 8.45. The summed E-state index contributed by atoms with van der Waals surface area (Å²) in [7, 11) is -0.522. The van der Waals surface area contributed by atoms with Crippen molar-refractivity contribution in [1.82, 2.24) is 9.55 Å². The normalized spacial score (nSPS) is 16.2. The molecule has 4 nitrogen and oxygen atoms in total. The fourth-order valence-corrected chi connectivity index (χ4v) is 6.41. The molecule has 0 bridgehead atoms. The first kappa shape index (κ1) is 25.3. The molecule has 0 atom stereocenters. The van der Waals surface area contributed by atoms with Gasteiger partial charge in [0, 0.05) is 43.6 Å². The van der Waals surface area contributed by atoms with E-state index in [9.17, 15) is 0 Å². The average molecular weight is 546 g/mol. The molecule has 0 saturated carbocycles. The molecule has 8 rings (SSSR count). The van der Waals surface area contributed by atoms with Crippen molar-refractivity contribution in [2.75, 3.05) is 0 Å². The van der Waals surface area contributed by atoms with Crippen LogP contribution in [0.3, 0.4) is 0 Å². The summed E-state index contributed by atoms with van der Waals surface area (Å²) < 4.78 is 15.6. The van der Waals surface area contributed by atoms with E-state index in [1.165, 1.54) is 27.2 Å². The zero-order chi connectivity index (χ0) is 28.6. The minimum Gasteiger partial charge on any atom is -0.399 e. The van der Waals surface area contributed by atoms with Crippen molar-refractivity contribution in [1.29, 1.82) is 0 Å². The van der Waals surface area contributed by atoms with Gasteiger partial charge in [0.05, 0.1) is 33.4 Å². The Labute approximate surface area is 245 Å². The molecule has 1 saturated heterocycles. The van der Waals surface area contributed by atoms with Crippen LogP contribution in [0.1, 0.15) is 27.7 Å². The summed E-state index contributed by atoms with van der Waals surface area (Å²) >= 11 is 0. The number of hydrogen-bond donors (Lipinski definition) is 0. The van der Waals surface area contributed by atoms with E-state index in [0.29, 0.717) is 0 Å². The molecule has 1 aliphatic rings. The van der Waals surface area contributed by atoms with Gasteiger partial charge in [0.1, 0.15) is 0 Å². The molecule has 0 spiro atoms. The molecule has 5 aromatic carbocycles. The van der Waals surface area contributed by atoms with Crippen molar-refractivity contribution in [3.8, 4) is 16.9 Å². The standard InChI is InChI=1S/C37H31BN2O2/c1-36(2)37(3,4)42-38(41-36)30-20-13-19-28-32-29(33(39-34(28)30)24-14-7-5-8-15-24)23-22-27-26-18-11-12-21-31(26)40(35(27)32)25-16-9-6-10-17-25/h5-23H,1-4H3. The summed E-state index contributed by atoms with van der Waals surface area (Å²) in [6, 6.07) is 40.7. The van der Waals surface area contributed by atoms with Crippen LogP contribution < -0.4 is 5.46 Å². The van der Waals surface area contributed by atoms with Gasteiger partial charge in [0.25, 0.3) is 0 Å². The molecular formula is C37H31BN2O2. The van der Waals surface area contributed by atoms with E-state index in [4.69, 9.17) is 14.3 Å². The molecule has 5 heteroatoms. The Balaban J connectivity index is 1.57. The van der Waals surface area contributed by atoms with Crippen molar-refractivity contribution >= 4 is 56.1 Å². The van der Waals surface area contributed by atoms with Gasteiger partial charge in [0.15, 0.2) is 0 Å². The number of pyridine rings is 1. The van der Waals surface area contributed by atoms with Crippen LogP contribution in [0.4, 0.5) is 0 Å². The predicted molar refractivity (Wildman–Crippen MR) is 175 cm³/mol. The lowest BCUT2D eigenvalue weighted by atomic mass is 9.77. The highest BCUT2D eigenvalue weighted by Gasteiger charge is 2.52. The highest BCUT2D eigenvalue weighted by atomic mass is 16.7. The maximum absolute atomic E-state index is 6.58. The maximum atomic E-state index is 6.58. The Bertz CT molecular complexity index is 2130. The van der Waals surface area contributed by atoms with Crippen LogP contribution in [0, 0.1) is 0 Å². The van der Waals surface area contributed by atoms with Crippen molar-refractivity contribution in [2.45, 2.75) is 38.9 Å². The Morgan fingerprint density at radius 2 is 1.21 bits per heavy atom. The zero-order valence-electron chi connectivity index (χ0n) is 24.3. The van der Waals surface area contributed by atoms with Crippen molar-refractivity contribution < 1.29 is 9.31 Å². The van der Waals surface area contributed by atoms with E-state index >= 15 is 0 Å². The minimum absolute atomic E-state index is 0.452. The fraction of sp³-hybridized carbons (Fsp3) is 0.162. The first-order chi connectivity index (χ1) is 20.3. The van der Waals surface area contributed by atoms with Crippen LogP contribution in [0.2, 0.25) is 0 Å². The summed E-state index contributed by atoms with van der Waals surface area (Å²) in [6.07, 6.45) is 0. The molecule has 2 aromatic heterocycles. The van der Waals surface area contributed by atoms with Gasteiger partial charge in [-0.15, -0.1) is 0 Å². The third kappa shape index (κ3) is 3.60. The second-order valence-corrected chi connectivity index (χ2v) is 12.2. The van der Waals surface area contributed by atoms with E-state index in [1.54, 1.807) is 0 Å². The zero-order valence-corrected chi connectivity index (χ0v) is 24.3. The van der Waals surface area contributed by atoms with Gasteiger partial charge in [0.2, 0.25) is 0 Å². The molecule has 0 N–H and O–H groups in total. The number of rotatable bonds is 3. The Morgan fingerprint density at radius 3 is 1.95 bits per heavy atom. The average Bonchev–Trinajstić information content (AvgIpc) is 3.46. The summed E-state index contributed by atoms with van der Waals surface area (Å²) in [5.74, 6) is 0. The molecule has 0 amide bonds. The van der Waals surface area contributed by atoms with Crippen LogP contribution in [-0.4, -0.2) is 27.9 Å². The molecule has 0 radical (unpaired) electrons. The lowest BCUT2D eigenvalue weighted by Gasteiger charge is -2.32. The smallest absolute Gasteiger partial charge is 0.399 e. The van der Waals surface area contributed by atoms with Crippen LogP contribution >= 0.6 is 0 Å². The van der Waals surface area contributed by atoms with E-state index in [1.807, 2.05) is 6.07 Å². The second kappa shape index (κ2) is 9.03. The number of aromatic nitrogens is 2. The van der Waals surface area contributed by atoms with Gasteiger partial charge >= 0.3 is 7.12 Å². The number of fused-ring (bicyclic) bond motifs is 7. The molecule has 7 aromatic rings. The minimum atomic E-state index is -0.522. The largest absolute Gasteiger partial charge is 0.497 e. The first-order valence-corrected chi connectivity index (χ1v) is 14.6. The van der Waals surface area contributed by atoms with Crippen LogP contribution in [0.5, 0.6) is 0 Å². The number of para-hydroxylation sites is 3. The molecule has 0 aliphatic carbocycles. The third-order valence-electron chi connectivity index (χ3n) is 9.22. The van der Waals surface area contributed by atoms with Gasteiger partial charge in [-0.25, -0.2) is 4.98 Å². The van der Waals surface area contributed by atoms with Crippen LogP contribution in [0.15, 0.2) is 115 Å². The molecule has 1 aliphatic heterocycles. The Morgan fingerprint density at radius 1 is 0.595 bits per heavy atom. The first-order valence-electron chi connectivity index (χ1n) is 14.6. The highest BCUT2D eigenvalue weighted by molar-refractivity contribution is 6.65. The molecule has 1 fully saturated rings. The molecule has 3 heterocycles. The summed E-state index contributed by atoms with van der Waals surface area (Å²) in [4.78, 5) is 5.41. The van der Waals surface area contributed by atoms with Crippen molar-refractivity contribution in [3.63, 3.8) is 0 Å². The summed E-state index contributed by atoms with van der Waals surface area (Å²) in [6.45, 7) is 8.38. The van der Waals surface area contributed by atoms with E-state index in [-0.39, 0.29) is 0 Å². The molecule has 204 valence electrons. The topological polar surface area (TPSA) is 36.3 Å². The van der Waals surface area contributed by atoms with Crippen LogP contribution in [-0.2, 0) is 9.31 Å². The molecular weight excluding hydrogens is 515 g/mol. The number of nitrogens with zero attached hydrogens (tertiary/aromatic N) is 2. The van der Waals surface area contributed by atoms with Crippen LogP contribution in [0.25, 0.3) is 60.4 Å². The van der Waals surface area contributed by atoms with Gasteiger partial charge in [-0.2, -0.15) is 0 Å². The lowest BCUT2D eigenvalue weighted by molar-refractivity contribution is 0.00578. The van der Waals surface area contributed by atoms with E-state index in [0.717, 1.165) is 38.7 Å². The maximum Gasteiger partial charge on any atom is 0.497 e. The number of hydrogen-bond acceptors (Lipinski definition) is 3. The summed E-state index contributed by atoms with van der Waals surface area (Å²) in [5.41, 5.74) is 6.46. The van der Waals surface area contributed by atoms with Gasteiger partial charge in [-0.3, -0.25) is 0 Å². The van der Waals surface area contributed by atoms with Crippen molar-refractivity contribution in [2.24, 2.45) is 0 Å². The van der Waals surface area contributed by atoms with E-state index in [2.05, 4.69) is 141 Å². The van der Waals surface area contributed by atoms with Crippen molar-refractivity contribution in [3.05, 3.63) is 115 Å². The van der Waals surface area contributed by atoms with Gasteiger partial charge in [-0.05, 0) is 45.9 Å². The third-order valence-corrected chi connectivity index (χ3v) is 9.22. The fourth-order valence-electron chi connectivity index (χ4n) is 6.41. The van der Waals surface area contributed by atoms with Gasteiger partial charge in [-0.1, -0.05) is 97.1 Å². The molecule has 0 unspecified atom stereocenters. The van der Waals surface area contributed by atoms with Gasteiger partial charge < -0.3 is 13.9 Å². The highest BCUT2D eigenvalue weighted by Crippen LogP contribution is 2.42. The Kier molecular flexibility index (Phi) is 5.43. The second-order valence-electron chi connectivity index (χ2n) is 12.2. The monoisotopic (exact) mass is 546 g/mol. The lowest BCUT2D eigenvalue weighted by Crippen LogP contribution is -2.41. The quantitative estimate of drug-likeness (QED) is 0.165. The SMILES string of the molecule is CC1(C)OB(c2cccc3c2nc(-c2ccccc2)c2ccc4c5ccccc5n(-c5ccccc5)c4c23)OC1(C)C.